The highest BCUT2D eigenvalue weighted by Gasteiger charge is 2.09. The fraction of sp³-hybridized carbons (Fsp3) is 0. The largest absolute Gasteiger partial charge is 0.478 e. The molecule has 0 aliphatic heterocycles. The van der Waals surface area contributed by atoms with E-state index in [9.17, 15) is 9.59 Å². The highest BCUT2D eigenvalue weighted by molar-refractivity contribution is 6.31. The molecule has 0 aliphatic carbocycles. The summed E-state index contributed by atoms with van der Waals surface area (Å²) in [5.41, 5.74) is 1.77. The average Bonchev–Trinajstić information content (AvgIpc) is 2.68. The lowest BCUT2D eigenvalue weighted by Crippen LogP contribution is -2.01. The first-order valence-corrected chi connectivity index (χ1v) is 8.10. The van der Waals surface area contributed by atoms with Crippen LogP contribution in [0.25, 0.3) is 12.2 Å². The molecule has 1 aromatic carbocycles. The Morgan fingerprint density at radius 1 is 0.889 bits per heavy atom. The number of carbonyl (C=O) groups is 2. The van der Waals surface area contributed by atoms with Crippen molar-refractivity contribution in [1.82, 2.24) is 9.97 Å². The number of aromatic nitrogens is 2. The third-order valence-electron chi connectivity index (χ3n) is 3.21. The molecular formula is C20H15ClN2O4. The Balaban J connectivity index is 0.000000194. The van der Waals surface area contributed by atoms with Crippen molar-refractivity contribution in [2.24, 2.45) is 0 Å². The number of carboxylic acid groups (broad SMARTS) is 2. The van der Waals surface area contributed by atoms with Gasteiger partial charge in [0.2, 0.25) is 0 Å². The molecule has 0 fully saturated rings. The minimum Gasteiger partial charge on any atom is -0.478 e. The molecule has 0 aliphatic rings. The first kappa shape index (κ1) is 19.8. The molecule has 0 radical (unpaired) electrons. The van der Waals surface area contributed by atoms with Gasteiger partial charge in [0.15, 0.2) is 0 Å². The third kappa shape index (κ3) is 6.72. The van der Waals surface area contributed by atoms with E-state index >= 15 is 0 Å². The van der Waals surface area contributed by atoms with Crippen LogP contribution in [0, 0.1) is 0 Å². The van der Waals surface area contributed by atoms with Crippen LogP contribution < -0.4 is 0 Å². The third-order valence-corrected chi connectivity index (χ3v) is 3.43. The number of pyridine rings is 2. The molecule has 0 bridgehead atoms. The first-order valence-electron chi connectivity index (χ1n) is 7.72. The van der Waals surface area contributed by atoms with Gasteiger partial charge >= 0.3 is 11.9 Å². The van der Waals surface area contributed by atoms with E-state index in [2.05, 4.69) is 9.97 Å². The van der Waals surface area contributed by atoms with E-state index < -0.39 is 11.9 Å². The van der Waals surface area contributed by atoms with Crippen molar-refractivity contribution in [2.75, 3.05) is 0 Å². The lowest BCUT2D eigenvalue weighted by molar-refractivity contribution is 0.0696. The Morgan fingerprint density at radius 3 is 2.11 bits per heavy atom. The van der Waals surface area contributed by atoms with E-state index in [1.807, 2.05) is 48.7 Å². The summed E-state index contributed by atoms with van der Waals surface area (Å²) in [4.78, 5) is 29.2. The number of carboxylic acids is 2. The van der Waals surface area contributed by atoms with Gasteiger partial charge in [-0.15, -0.1) is 0 Å². The summed E-state index contributed by atoms with van der Waals surface area (Å²) >= 11 is 5.51. The topological polar surface area (TPSA) is 100 Å². The second-order valence-electron chi connectivity index (χ2n) is 5.21. The van der Waals surface area contributed by atoms with E-state index in [-0.39, 0.29) is 16.1 Å². The van der Waals surface area contributed by atoms with E-state index in [1.165, 1.54) is 12.1 Å². The Labute approximate surface area is 160 Å². The van der Waals surface area contributed by atoms with Gasteiger partial charge in [0, 0.05) is 23.6 Å². The molecule has 27 heavy (non-hydrogen) atoms. The molecular weight excluding hydrogens is 368 g/mol. The van der Waals surface area contributed by atoms with Crippen LogP contribution in [-0.4, -0.2) is 32.1 Å². The van der Waals surface area contributed by atoms with Crippen molar-refractivity contribution >= 4 is 35.7 Å². The predicted octanol–water partition coefficient (Wildman–Crippen LogP) is 4.38. The molecule has 6 nitrogen and oxygen atoms in total. The van der Waals surface area contributed by atoms with Crippen molar-refractivity contribution < 1.29 is 19.8 Å². The van der Waals surface area contributed by atoms with E-state index in [4.69, 9.17) is 21.8 Å². The van der Waals surface area contributed by atoms with Crippen LogP contribution in [0.15, 0.2) is 67.1 Å². The van der Waals surface area contributed by atoms with Gasteiger partial charge in [0.05, 0.1) is 16.8 Å². The van der Waals surface area contributed by atoms with Crippen LogP contribution >= 0.6 is 11.6 Å². The Morgan fingerprint density at radius 2 is 1.59 bits per heavy atom. The van der Waals surface area contributed by atoms with Crippen molar-refractivity contribution in [3.05, 3.63) is 94.5 Å². The van der Waals surface area contributed by atoms with E-state index in [0.717, 1.165) is 17.3 Å². The summed E-state index contributed by atoms with van der Waals surface area (Å²) in [7, 11) is 0. The molecule has 0 amide bonds. The van der Waals surface area contributed by atoms with Crippen molar-refractivity contribution in [1.29, 1.82) is 0 Å². The SMILES string of the molecule is C(=Cc1ccccn1)c1cccnc1.O=C(O)c1cc(Cl)cc(C(=O)O)c1. The van der Waals surface area contributed by atoms with E-state index in [0.29, 0.717) is 0 Å². The number of halogens is 1. The normalized spacial score (nSPS) is 10.1. The highest BCUT2D eigenvalue weighted by Crippen LogP contribution is 2.15. The van der Waals surface area contributed by atoms with Gasteiger partial charge in [-0.25, -0.2) is 9.59 Å². The molecule has 0 spiro atoms. The van der Waals surface area contributed by atoms with Crippen LogP contribution in [0.4, 0.5) is 0 Å². The fourth-order valence-corrected chi connectivity index (χ4v) is 2.20. The van der Waals surface area contributed by atoms with Crippen LogP contribution in [-0.2, 0) is 0 Å². The molecule has 3 rings (SSSR count). The molecule has 0 saturated carbocycles. The minimum absolute atomic E-state index is 0.0947. The summed E-state index contributed by atoms with van der Waals surface area (Å²) in [5.74, 6) is -2.41. The Bertz CT molecular complexity index is 871. The number of rotatable bonds is 4. The monoisotopic (exact) mass is 382 g/mol. The van der Waals surface area contributed by atoms with Crippen molar-refractivity contribution in [2.45, 2.75) is 0 Å². The zero-order chi connectivity index (χ0) is 19.6. The number of nitrogens with zero attached hydrogens (tertiary/aromatic N) is 2. The van der Waals surface area contributed by atoms with Crippen molar-refractivity contribution in [3.63, 3.8) is 0 Å². The molecule has 2 N–H and O–H groups in total. The molecule has 0 unspecified atom stereocenters. The lowest BCUT2D eigenvalue weighted by Gasteiger charge is -1.98. The standard InChI is InChI=1S/C12H10N2.C8H5ClO4/c1-2-9-14-12(5-1)7-6-11-4-3-8-13-10-11;9-6-2-4(7(10)11)1-5(3-6)8(12)13/h1-10H;1-3H,(H,10,11)(H,12,13). The van der Waals surface area contributed by atoms with Crippen molar-refractivity contribution in [3.8, 4) is 0 Å². The van der Waals surface area contributed by atoms with Gasteiger partial charge in [-0.05, 0) is 48.0 Å². The Hall–Kier alpha value is -3.51. The first-order chi connectivity index (χ1) is 13.0. The lowest BCUT2D eigenvalue weighted by atomic mass is 10.1. The maximum absolute atomic E-state index is 10.5. The average molecular weight is 383 g/mol. The fourth-order valence-electron chi connectivity index (χ4n) is 1.97. The Kier molecular flexibility index (Phi) is 7.22. The van der Waals surface area contributed by atoms with Gasteiger partial charge in [-0.3, -0.25) is 9.97 Å². The molecule has 3 aromatic rings. The summed E-state index contributed by atoms with van der Waals surface area (Å²) in [5, 5.41) is 17.2. The summed E-state index contributed by atoms with van der Waals surface area (Å²) in [6.45, 7) is 0. The molecule has 2 heterocycles. The van der Waals surface area contributed by atoms with Gasteiger partial charge in [-0.2, -0.15) is 0 Å². The minimum atomic E-state index is -1.20. The highest BCUT2D eigenvalue weighted by atomic mass is 35.5. The van der Waals surface area contributed by atoms with Gasteiger partial charge < -0.3 is 10.2 Å². The molecule has 0 saturated heterocycles. The number of benzene rings is 1. The predicted molar refractivity (Wildman–Crippen MR) is 103 cm³/mol. The quantitative estimate of drug-likeness (QED) is 0.694. The van der Waals surface area contributed by atoms with Gasteiger partial charge in [-0.1, -0.05) is 29.8 Å². The van der Waals surface area contributed by atoms with Gasteiger partial charge in [0.1, 0.15) is 0 Å². The van der Waals surface area contributed by atoms with Gasteiger partial charge in [0.25, 0.3) is 0 Å². The van der Waals surface area contributed by atoms with Crippen LogP contribution in [0.5, 0.6) is 0 Å². The second kappa shape index (κ2) is 9.84. The maximum atomic E-state index is 10.5. The summed E-state index contributed by atoms with van der Waals surface area (Å²) < 4.78 is 0. The number of hydrogen-bond donors (Lipinski definition) is 2. The van der Waals surface area contributed by atoms with Crippen LogP contribution in [0.2, 0.25) is 5.02 Å². The molecule has 0 atom stereocenters. The number of hydrogen-bond acceptors (Lipinski definition) is 4. The smallest absolute Gasteiger partial charge is 0.335 e. The second-order valence-corrected chi connectivity index (χ2v) is 5.65. The zero-order valence-electron chi connectivity index (χ0n) is 14.0. The van der Waals surface area contributed by atoms with Crippen LogP contribution in [0.3, 0.4) is 0 Å². The summed E-state index contributed by atoms with van der Waals surface area (Å²) in [6.07, 6.45) is 9.33. The molecule has 7 heteroatoms. The van der Waals surface area contributed by atoms with Crippen LogP contribution in [0.1, 0.15) is 32.0 Å². The summed E-state index contributed by atoms with van der Waals surface area (Å²) in [6, 6.07) is 13.2. The molecule has 2 aromatic heterocycles. The van der Waals surface area contributed by atoms with E-state index in [1.54, 1.807) is 12.4 Å². The number of aromatic carboxylic acids is 2. The zero-order valence-corrected chi connectivity index (χ0v) is 14.7. The maximum Gasteiger partial charge on any atom is 0.335 e. The molecule has 136 valence electrons.